The van der Waals surface area contributed by atoms with Crippen molar-refractivity contribution < 1.29 is 0 Å². The van der Waals surface area contributed by atoms with E-state index in [-0.39, 0.29) is 0 Å². The number of halogens is 2. The van der Waals surface area contributed by atoms with Crippen molar-refractivity contribution in [1.29, 1.82) is 0 Å². The quantitative estimate of drug-likeness (QED) is 0.809. The van der Waals surface area contributed by atoms with Crippen LogP contribution in [0, 0.1) is 5.92 Å². The largest absolute Gasteiger partial charge is 0.310 e. The molecule has 0 radical (unpaired) electrons. The van der Waals surface area contributed by atoms with E-state index < -0.39 is 0 Å². The lowest BCUT2D eigenvalue weighted by molar-refractivity contribution is 0.231. The molecule has 0 aromatic heterocycles. The second-order valence-electron chi connectivity index (χ2n) is 4.76. The van der Waals surface area contributed by atoms with Gasteiger partial charge < -0.3 is 5.32 Å². The van der Waals surface area contributed by atoms with E-state index in [2.05, 4.69) is 12.2 Å². The van der Waals surface area contributed by atoms with Crippen LogP contribution < -0.4 is 5.32 Å². The second-order valence-corrected chi connectivity index (χ2v) is 5.57. The van der Waals surface area contributed by atoms with Crippen molar-refractivity contribution in [3.8, 4) is 0 Å². The first kappa shape index (κ1) is 13.2. The maximum atomic E-state index is 6.30. The van der Waals surface area contributed by atoms with Gasteiger partial charge in [-0.2, -0.15) is 0 Å². The van der Waals surface area contributed by atoms with Gasteiger partial charge in [0.25, 0.3) is 0 Å². The molecule has 1 aromatic carbocycles. The molecule has 1 aliphatic carbocycles. The summed E-state index contributed by atoms with van der Waals surface area (Å²) in [6.07, 6.45) is 5.02. The highest BCUT2D eigenvalue weighted by Crippen LogP contribution is 2.42. The molecule has 2 rings (SSSR count). The predicted octanol–water partition coefficient (Wildman–Crippen LogP) is 4.83. The van der Waals surface area contributed by atoms with E-state index in [9.17, 15) is 0 Å². The molecule has 94 valence electrons. The van der Waals surface area contributed by atoms with Crippen LogP contribution in [0.3, 0.4) is 0 Å². The first-order valence-corrected chi connectivity index (χ1v) is 7.17. The molecule has 0 amide bonds. The van der Waals surface area contributed by atoms with Gasteiger partial charge in [0, 0.05) is 21.7 Å². The topological polar surface area (TPSA) is 12.0 Å². The first-order chi connectivity index (χ1) is 8.24. The van der Waals surface area contributed by atoms with E-state index in [4.69, 9.17) is 23.2 Å². The fourth-order valence-electron chi connectivity index (χ4n) is 2.39. The number of hydrogen-bond donors (Lipinski definition) is 1. The van der Waals surface area contributed by atoms with Crippen molar-refractivity contribution in [2.45, 2.75) is 38.6 Å². The Balaban J connectivity index is 2.24. The van der Waals surface area contributed by atoms with Gasteiger partial charge in [-0.05, 0) is 43.9 Å². The Labute approximate surface area is 114 Å². The van der Waals surface area contributed by atoms with Crippen molar-refractivity contribution in [1.82, 2.24) is 5.32 Å². The Morgan fingerprint density at radius 2 is 1.94 bits per heavy atom. The summed E-state index contributed by atoms with van der Waals surface area (Å²) >= 11 is 12.6. The zero-order valence-corrected chi connectivity index (χ0v) is 11.7. The standard InChI is InChI=1S/C14H19Cl2N/c1-2-9-17-14(10-5-3-6-10)13-11(15)7-4-8-12(13)16/h4,7-8,10,14,17H,2-3,5-6,9H2,1H3. The first-order valence-electron chi connectivity index (χ1n) is 6.41. The molecule has 1 saturated carbocycles. The van der Waals surface area contributed by atoms with Crippen molar-refractivity contribution in [3.05, 3.63) is 33.8 Å². The summed E-state index contributed by atoms with van der Waals surface area (Å²) in [4.78, 5) is 0. The minimum atomic E-state index is 0.324. The Morgan fingerprint density at radius 3 is 2.41 bits per heavy atom. The van der Waals surface area contributed by atoms with Gasteiger partial charge in [0.15, 0.2) is 0 Å². The molecular formula is C14H19Cl2N. The molecular weight excluding hydrogens is 253 g/mol. The Morgan fingerprint density at radius 1 is 1.29 bits per heavy atom. The third-order valence-corrected chi connectivity index (χ3v) is 4.21. The molecule has 1 nitrogen and oxygen atoms in total. The average molecular weight is 272 g/mol. The minimum absolute atomic E-state index is 0.324. The molecule has 0 spiro atoms. The Kier molecular flexibility index (Phi) is 4.72. The van der Waals surface area contributed by atoms with E-state index in [1.165, 1.54) is 19.3 Å². The smallest absolute Gasteiger partial charge is 0.0468 e. The van der Waals surface area contributed by atoms with E-state index in [1.807, 2.05) is 18.2 Å². The van der Waals surface area contributed by atoms with Gasteiger partial charge in [0.1, 0.15) is 0 Å². The average Bonchev–Trinajstić information content (AvgIpc) is 2.22. The van der Waals surface area contributed by atoms with Gasteiger partial charge >= 0.3 is 0 Å². The van der Waals surface area contributed by atoms with Crippen molar-refractivity contribution in [3.63, 3.8) is 0 Å². The lowest BCUT2D eigenvalue weighted by atomic mass is 9.77. The van der Waals surface area contributed by atoms with Gasteiger partial charge in [-0.1, -0.05) is 42.6 Å². The van der Waals surface area contributed by atoms with Gasteiger partial charge in [-0.25, -0.2) is 0 Å². The highest BCUT2D eigenvalue weighted by atomic mass is 35.5. The van der Waals surface area contributed by atoms with Crippen LogP contribution in [-0.4, -0.2) is 6.54 Å². The van der Waals surface area contributed by atoms with Gasteiger partial charge in [-0.3, -0.25) is 0 Å². The summed E-state index contributed by atoms with van der Waals surface area (Å²) in [5, 5.41) is 5.18. The fourth-order valence-corrected chi connectivity index (χ4v) is 3.02. The molecule has 0 bridgehead atoms. The van der Waals surface area contributed by atoms with Crippen LogP contribution in [0.25, 0.3) is 0 Å². The van der Waals surface area contributed by atoms with Crippen LogP contribution in [0.2, 0.25) is 10.0 Å². The lowest BCUT2D eigenvalue weighted by Gasteiger charge is -2.35. The van der Waals surface area contributed by atoms with E-state index in [0.29, 0.717) is 12.0 Å². The minimum Gasteiger partial charge on any atom is -0.310 e. The van der Waals surface area contributed by atoms with Crippen LogP contribution in [0.4, 0.5) is 0 Å². The summed E-state index contributed by atoms with van der Waals surface area (Å²) in [5.74, 6) is 0.693. The van der Waals surface area contributed by atoms with Crippen LogP contribution in [-0.2, 0) is 0 Å². The van der Waals surface area contributed by atoms with Crippen molar-refractivity contribution >= 4 is 23.2 Å². The third kappa shape index (κ3) is 2.96. The Hall–Kier alpha value is -0.240. The maximum absolute atomic E-state index is 6.30. The van der Waals surface area contributed by atoms with Gasteiger partial charge in [0.05, 0.1) is 0 Å². The molecule has 1 aromatic rings. The van der Waals surface area contributed by atoms with Crippen molar-refractivity contribution in [2.75, 3.05) is 6.54 Å². The van der Waals surface area contributed by atoms with Crippen molar-refractivity contribution in [2.24, 2.45) is 5.92 Å². The summed E-state index contributed by atoms with van der Waals surface area (Å²) in [6, 6.07) is 6.10. The summed E-state index contributed by atoms with van der Waals surface area (Å²) in [7, 11) is 0. The van der Waals surface area contributed by atoms with E-state index in [1.54, 1.807) is 0 Å². The van der Waals surface area contributed by atoms with Crippen LogP contribution in [0.5, 0.6) is 0 Å². The predicted molar refractivity (Wildman–Crippen MR) is 74.8 cm³/mol. The molecule has 0 heterocycles. The number of hydrogen-bond acceptors (Lipinski definition) is 1. The monoisotopic (exact) mass is 271 g/mol. The molecule has 1 aliphatic rings. The number of nitrogens with one attached hydrogen (secondary N) is 1. The normalized spacial score (nSPS) is 17.8. The van der Waals surface area contributed by atoms with Crippen LogP contribution in [0.1, 0.15) is 44.2 Å². The second kappa shape index (κ2) is 6.08. The SMILES string of the molecule is CCCNC(c1c(Cl)cccc1Cl)C1CCC1. The molecule has 0 aliphatic heterocycles. The maximum Gasteiger partial charge on any atom is 0.0468 e. The highest BCUT2D eigenvalue weighted by Gasteiger charge is 2.30. The zero-order valence-electron chi connectivity index (χ0n) is 10.2. The highest BCUT2D eigenvalue weighted by molar-refractivity contribution is 6.36. The van der Waals surface area contributed by atoms with E-state index in [0.717, 1.165) is 28.6 Å². The van der Waals surface area contributed by atoms with Crippen LogP contribution >= 0.6 is 23.2 Å². The molecule has 17 heavy (non-hydrogen) atoms. The number of benzene rings is 1. The summed E-state index contributed by atoms with van der Waals surface area (Å²) < 4.78 is 0. The molecule has 0 saturated heterocycles. The molecule has 1 N–H and O–H groups in total. The molecule has 1 atom stereocenters. The molecule has 3 heteroatoms. The fraction of sp³-hybridized carbons (Fsp3) is 0.571. The Bertz CT molecular complexity index is 354. The van der Waals surface area contributed by atoms with Crippen LogP contribution in [0.15, 0.2) is 18.2 Å². The molecule has 1 unspecified atom stereocenters. The number of rotatable bonds is 5. The van der Waals surface area contributed by atoms with Gasteiger partial charge in [-0.15, -0.1) is 0 Å². The van der Waals surface area contributed by atoms with E-state index >= 15 is 0 Å². The third-order valence-electron chi connectivity index (χ3n) is 3.55. The molecule has 1 fully saturated rings. The zero-order chi connectivity index (χ0) is 12.3. The summed E-state index contributed by atoms with van der Waals surface area (Å²) in [5.41, 5.74) is 1.09. The van der Waals surface area contributed by atoms with Gasteiger partial charge in [0.2, 0.25) is 0 Å². The summed E-state index contributed by atoms with van der Waals surface area (Å²) in [6.45, 7) is 3.20. The lowest BCUT2D eigenvalue weighted by Crippen LogP contribution is -2.33.